The maximum absolute atomic E-state index is 13.2. The Morgan fingerprint density at radius 1 is 1.13 bits per heavy atom. The minimum Gasteiger partial charge on any atom is -0.373 e. The number of halogens is 1. The van der Waals surface area contributed by atoms with Crippen LogP contribution in [0.1, 0.15) is 50.4 Å². The van der Waals surface area contributed by atoms with Crippen LogP contribution in [0.4, 0.5) is 9.18 Å². The van der Waals surface area contributed by atoms with Gasteiger partial charge in [-0.2, -0.15) is 0 Å². The molecule has 2 aromatic rings. The van der Waals surface area contributed by atoms with Crippen LogP contribution in [0.25, 0.3) is 0 Å². The van der Waals surface area contributed by atoms with E-state index in [2.05, 4.69) is 36.2 Å². The van der Waals surface area contributed by atoms with Gasteiger partial charge in [-0.05, 0) is 56.5 Å². The zero-order valence-corrected chi connectivity index (χ0v) is 19.0. The molecule has 0 saturated carbocycles. The Morgan fingerprint density at radius 3 is 2.35 bits per heavy atom. The van der Waals surface area contributed by atoms with E-state index >= 15 is 0 Å². The minimum atomic E-state index is -0.274. The third-order valence-electron chi connectivity index (χ3n) is 5.86. The van der Waals surface area contributed by atoms with Crippen molar-refractivity contribution in [2.45, 2.75) is 59.0 Å². The molecule has 0 spiro atoms. The van der Waals surface area contributed by atoms with Gasteiger partial charge in [0.2, 0.25) is 0 Å². The molecule has 0 radical (unpaired) electrons. The van der Waals surface area contributed by atoms with Gasteiger partial charge in [-0.3, -0.25) is 4.90 Å². The van der Waals surface area contributed by atoms with Gasteiger partial charge in [0.1, 0.15) is 5.82 Å². The molecule has 1 fully saturated rings. The quantitative estimate of drug-likeness (QED) is 0.695. The smallest absolute Gasteiger partial charge is 0.318 e. The van der Waals surface area contributed by atoms with Crippen molar-refractivity contribution in [2.75, 3.05) is 19.6 Å². The SMILES string of the molecule is CCN(C(=O)NCc1ccccc1CN1C[C@H](C)O[C@@H](C)C1)[C@H](C)c1ccc(F)cc1. The third kappa shape index (κ3) is 6.28. The Labute approximate surface area is 185 Å². The van der Waals surface area contributed by atoms with Crippen LogP contribution < -0.4 is 5.32 Å². The molecular weight excluding hydrogens is 393 g/mol. The molecule has 0 bridgehead atoms. The van der Waals surface area contributed by atoms with Crippen molar-refractivity contribution in [1.82, 2.24) is 15.1 Å². The maximum atomic E-state index is 13.2. The fourth-order valence-corrected chi connectivity index (χ4v) is 4.33. The van der Waals surface area contributed by atoms with Crippen molar-refractivity contribution in [2.24, 2.45) is 0 Å². The summed E-state index contributed by atoms with van der Waals surface area (Å²) in [5, 5.41) is 3.08. The number of amides is 2. The van der Waals surface area contributed by atoms with Crippen LogP contribution in [0.2, 0.25) is 0 Å². The van der Waals surface area contributed by atoms with Gasteiger partial charge in [-0.15, -0.1) is 0 Å². The molecule has 0 unspecified atom stereocenters. The average molecular weight is 428 g/mol. The van der Waals surface area contributed by atoms with Gasteiger partial charge in [0.15, 0.2) is 0 Å². The van der Waals surface area contributed by atoms with E-state index in [0.717, 1.165) is 30.8 Å². The molecule has 1 aliphatic heterocycles. The number of nitrogens with one attached hydrogen (secondary N) is 1. The number of carbonyl (C=O) groups excluding carboxylic acids is 1. The lowest BCUT2D eigenvalue weighted by Crippen LogP contribution is -2.45. The van der Waals surface area contributed by atoms with Crippen LogP contribution in [0.15, 0.2) is 48.5 Å². The summed E-state index contributed by atoms with van der Waals surface area (Å²) in [5.74, 6) is -0.274. The molecule has 5 nitrogen and oxygen atoms in total. The van der Waals surface area contributed by atoms with Gasteiger partial charge < -0.3 is 15.0 Å². The van der Waals surface area contributed by atoms with Crippen LogP contribution in [-0.4, -0.2) is 47.7 Å². The fourth-order valence-electron chi connectivity index (χ4n) is 4.33. The molecule has 3 atom stereocenters. The van der Waals surface area contributed by atoms with Crippen molar-refractivity contribution in [3.8, 4) is 0 Å². The second-order valence-electron chi connectivity index (χ2n) is 8.39. The van der Waals surface area contributed by atoms with Crippen LogP contribution in [0.3, 0.4) is 0 Å². The number of ether oxygens (including phenoxy) is 1. The predicted molar refractivity (Wildman–Crippen MR) is 121 cm³/mol. The average Bonchev–Trinajstić information content (AvgIpc) is 2.73. The molecule has 2 aromatic carbocycles. The van der Waals surface area contributed by atoms with E-state index < -0.39 is 0 Å². The molecule has 31 heavy (non-hydrogen) atoms. The molecule has 0 aliphatic carbocycles. The van der Waals surface area contributed by atoms with Gasteiger partial charge in [0.05, 0.1) is 18.2 Å². The highest BCUT2D eigenvalue weighted by Crippen LogP contribution is 2.21. The summed E-state index contributed by atoms with van der Waals surface area (Å²) in [6.07, 6.45) is 0.448. The summed E-state index contributed by atoms with van der Waals surface area (Å²) in [4.78, 5) is 17.1. The summed E-state index contributed by atoms with van der Waals surface area (Å²) in [6.45, 7) is 11.8. The summed E-state index contributed by atoms with van der Waals surface area (Å²) in [5.41, 5.74) is 3.25. The van der Waals surface area contributed by atoms with Crippen LogP contribution in [0, 0.1) is 5.82 Å². The molecular formula is C25H34FN3O2. The lowest BCUT2D eigenvalue weighted by Gasteiger charge is -2.35. The normalized spacial score (nSPS) is 20.3. The Kier molecular flexibility index (Phi) is 8.04. The second-order valence-corrected chi connectivity index (χ2v) is 8.39. The topological polar surface area (TPSA) is 44.8 Å². The van der Waals surface area contributed by atoms with Gasteiger partial charge in [-0.25, -0.2) is 9.18 Å². The number of urea groups is 1. The van der Waals surface area contributed by atoms with Gasteiger partial charge in [-0.1, -0.05) is 36.4 Å². The highest BCUT2D eigenvalue weighted by Gasteiger charge is 2.23. The number of nitrogens with zero attached hydrogens (tertiary/aromatic N) is 2. The maximum Gasteiger partial charge on any atom is 0.318 e. The predicted octanol–water partition coefficient (Wildman–Crippen LogP) is 4.73. The number of benzene rings is 2. The first kappa shape index (κ1) is 23.2. The van der Waals surface area contributed by atoms with E-state index in [1.54, 1.807) is 17.0 Å². The largest absolute Gasteiger partial charge is 0.373 e. The first-order valence-electron chi connectivity index (χ1n) is 11.1. The Morgan fingerprint density at radius 2 is 1.74 bits per heavy atom. The Balaban J connectivity index is 1.63. The number of morpholine rings is 1. The summed E-state index contributed by atoms with van der Waals surface area (Å²) >= 11 is 0. The van der Waals surface area contributed by atoms with Gasteiger partial charge >= 0.3 is 6.03 Å². The van der Waals surface area contributed by atoms with E-state index in [1.165, 1.54) is 17.7 Å². The number of hydrogen-bond donors (Lipinski definition) is 1. The first-order chi connectivity index (χ1) is 14.9. The van der Waals surface area contributed by atoms with Crippen molar-refractivity contribution in [3.05, 3.63) is 71.0 Å². The first-order valence-corrected chi connectivity index (χ1v) is 11.1. The molecule has 1 heterocycles. The molecule has 1 N–H and O–H groups in total. The molecule has 1 saturated heterocycles. The van der Waals surface area contributed by atoms with E-state index in [0.29, 0.717) is 13.1 Å². The lowest BCUT2D eigenvalue weighted by atomic mass is 10.1. The van der Waals surface area contributed by atoms with Crippen LogP contribution in [0.5, 0.6) is 0 Å². The molecule has 6 heteroatoms. The fraction of sp³-hybridized carbons (Fsp3) is 0.480. The molecule has 168 valence electrons. The molecule has 0 aromatic heterocycles. The third-order valence-corrected chi connectivity index (χ3v) is 5.86. The van der Waals surface area contributed by atoms with Crippen molar-refractivity contribution < 1.29 is 13.9 Å². The molecule has 2 amide bonds. The van der Waals surface area contributed by atoms with Crippen molar-refractivity contribution in [1.29, 1.82) is 0 Å². The molecule has 1 aliphatic rings. The summed E-state index contributed by atoms with van der Waals surface area (Å²) in [6, 6.07) is 14.3. The lowest BCUT2D eigenvalue weighted by molar-refractivity contribution is -0.0705. The van der Waals surface area contributed by atoms with Crippen LogP contribution in [-0.2, 0) is 17.8 Å². The van der Waals surface area contributed by atoms with Crippen molar-refractivity contribution in [3.63, 3.8) is 0 Å². The zero-order chi connectivity index (χ0) is 22.4. The van der Waals surface area contributed by atoms with E-state index in [1.807, 2.05) is 26.0 Å². The highest BCUT2D eigenvalue weighted by atomic mass is 19.1. The zero-order valence-electron chi connectivity index (χ0n) is 19.0. The second kappa shape index (κ2) is 10.7. The van der Waals surface area contributed by atoms with E-state index in [-0.39, 0.29) is 30.1 Å². The number of carbonyl (C=O) groups is 1. The highest BCUT2D eigenvalue weighted by molar-refractivity contribution is 5.74. The summed E-state index contributed by atoms with van der Waals surface area (Å²) < 4.78 is 19.1. The number of hydrogen-bond acceptors (Lipinski definition) is 3. The van der Waals surface area contributed by atoms with Crippen LogP contribution >= 0.6 is 0 Å². The number of rotatable bonds is 7. The minimum absolute atomic E-state index is 0.122. The monoisotopic (exact) mass is 427 g/mol. The van der Waals surface area contributed by atoms with Gasteiger partial charge in [0.25, 0.3) is 0 Å². The Bertz CT molecular complexity index is 848. The standard InChI is InChI=1S/C25H34FN3O2/c1-5-29(20(4)21-10-12-24(26)13-11-21)25(30)27-14-22-8-6-7-9-23(22)17-28-15-18(2)31-19(3)16-28/h6-13,18-20H,5,14-17H2,1-4H3,(H,27,30)/t18-,19-,20+/m0/s1. The molecule has 3 rings (SSSR count). The van der Waals surface area contributed by atoms with E-state index in [9.17, 15) is 9.18 Å². The van der Waals surface area contributed by atoms with Gasteiger partial charge in [0, 0.05) is 32.7 Å². The van der Waals surface area contributed by atoms with Crippen molar-refractivity contribution >= 4 is 6.03 Å². The van der Waals surface area contributed by atoms with E-state index in [4.69, 9.17) is 4.74 Å². The Hall–Kier alpha value is -2.44. The summed E-state index contributed by atoms with van der Waals surface area (Å²) in [7, 11) is 0.